The number of amides is 1. The summed E-state index contributed by atoms with van der Waals surface area (Å²) in [5.41, 5.74) is 5.80. The highest BCUT2D eigenvalue weighted by atomic mass is 32.2. The van der Waals surface area contributed by atoms with Gasteiger partial charge in [-0.1, -0.05) is 17.7 Å². The number of nitrogens with two attached hydrogens (primary N) is 1. The zero-order chi connectivity index (χ0) is 14.5. The van der Waals surface area contributed by atoms with Crippen LogP contribution in [0.1, 0.15) is 18.9 Å². The molecule has 0 aromatic heterocycles. The lowest BCUT2D eigenvalue weighted by atomic mass is 10.2. The van der Waals surface area contributed by atoms with E-state index < -0.39 is 16.1 Å². The van der Waals surface area contributed by atoms with Gasteiger partial charge in [0.15, 0.2) is 0 Å². The van der Waals surface area contributed by atoms with E-state index >= 15 is 0 Å². The van der Waals surface area contributed by atoms with Crippen LogP contribution in [-0.2, 0) is 14.8 Å². The number of nitrogens with one attached hydrogen (secondary N) is 1. The standard InChI is InChI=1S/C12H18N2O4S/c1-9-3-5-11(6-4-9)19(16,17)14-10(2)7-8-18-12(13)15/h3-6,10,14H,7-8H2,1-2H3,(H2,13,15). The first-order valence-electron chi connectivity index (χ1n) is 5.82. The van der Waals surface area contributed by atoms with E-state index in [-0.39, 0.29) is 17.5 Å². The average Bonchev–Trinajstić information content (AvgIpc) is 2.28. The molecule has 106 valence electrons. The van der Waals surface area contributed by atoms with Crippen molar-refractivity contribution in [1.29, 1.82) is 0 Å². The van der Waals surface area contributed by atoms with Crippen molar-refractivity contribution in [3.05, 3.63) is 29.8 Å². The number of hydrogen-bond donors (Lipinski definition) is 2. The number of benzene rings is 1. The summed E-state index contributed by atoms with van der Waals surface area (Å²) in [6.45, 7) is 3.65. The quantitative estimate of drug-likeness (QED) is 0.819. The molecule has 0 aliphatic heterocycles. The summed E-state index contributed by atoms with van der Waals surface area (Å²) in [4.78, 5) is 10.6. The molecule has 1 aromatic carbocycles. The number of aryl methyl sites for hydroxylation is 1. The first-order valence-corrected chi connectivity index (χ1v) is 7.31. The Bertz CT molecular complexity index is 525. The predicted molar refractivity (Wildman–Crippen MR) is 71.1 cm³/mol. The van der Waals surface area contributed by atoms with E-state index in [1.165, 1.54) is 0 Å². The highest BCUT2D eigenvalue weighted by Gasteiger charge is 2.17. The van der Waals surface area contributed by atoms with Gasteiger partial charge in [0.05, 0.1) is 11.5 Å². The minimum Gasteiger partial charge on any atom is -0.450 e. The Morgan fingerprint density at radius 2 is 1.95 bits per heavy atom. The minimum atomic E-state index is -3.55. The van der Waals surface area contributed by atoms with Crippen LogP contribution in [0, 0.1) is 6.92 Å². The van der Waals surface area contributed by atoms with Gasteiger partial charge < -0.3 is 10.5 Å². The van der Waals surface area contributed by atoms with Crippen LogP contribution in [0.25, 0.3) is 0 Å². The van der Waals surface area contributed by atoms with Crippen LogP contribution in [0.5, 0.6) is 0 Å². The fourth-order valence-corrected chi connectivity index (χ4v) is 2.72. The van der Waals surface area contributed by atoms with Gasteiger partial charge >= 0.3 is 6.09 Å². The summed E-state index contributed by atoms with van der Waals surface area (Å²) in [5, 5.41) is 0. The highest BCUT2D eigenvalue weighted by molar-refractivity contribution is 7.89. The molecule has 0 saturated carbocycles. The Balaban J connectivity index is 2.59. The van der Waals surface area contributed by atoms with E-state index in [1.807, 2.05) is 6.92 Å². The number of sulfonamides is 1. The largest absolute Gasteiger partial charge is 0.450 e. The summed E-state index contributed by atoms with van der Waals surface area (Å²) < 4.78 is 31.1. The first kappa shape index (κ1) is 15.5. The van der Waals surface area contributed by atoms with Gasteiger partial charge in [0, 0.05) is 6.04 Å². The summed E-state index contributed by atoms with van der Waals surface area (Å²) >= 11 is 0. The summed E-state index contributed by atoms with van der Waals surface area (Å²) in [6, 6.07) is 6.20. The number of primary amides is 1. The van der Waals surface area contributed by atoms with Crippen LogP contribution < -0.4 is 10.5 Å². The van der Waals surface area contributed by atoms with E-state index in [0.29, 0.717) is 6.42 Å². The second-order valence-corrected chi connectivity index (χ2v) is 6.01. The molecule has 6 nitrogen and oxygen atoms in total. The van der Waals surface area contributed by atoms with Crippen molar-refractivity contribution in [2.75, 3.05) is 6.61 Å². The SMILES string of the molecule is Cc1ccc(S(=O)(=O)NC(C)CCOC(N)=O)cc1. The molecule has 0 spiro atoms. The van der Waals surface area contributed by atoms with E-state index in [0.717, 1.165) is 5.56 Å². The molecule has 0 saturated heterocycles. The molecule has 0 heterocycles. The van der Waals surface area contributed by atoms with Crippen LogP contribution in [0.3, 0.4) is 0 Å². The summed E-state index contributed by atoms with van der Waals surface area (Å²) in [7, 11) is -3.55. The Morgan fingerprint density at radius 1 is 1.37 bits per heavy atom. The van der Waals surface area contributed by atoms with Crippen molar-refractivity contribution in [2.45, 2.75) is 31.2 Å². The minimum absolute atomic E-state index is 0.0763. The number of hydrogen-bond acceptors (Lipinski definition) is 4. The van der Waals surface area contributed by atoms with Gasteiger partial charge in [-0.25, -0.2) is 17.9 Å². The van der Waals surface area contributed by atoms with Gasteiger partial charge in [-0.05, 0) is 32.4 Å². The fraction of sp³-hybridized carbons (Fsp3) is 0.417. The maximum absolute atomic E-state index is 12.0. The maximum atomic E-state index is 12.0. The van der Waals surface area contributed by atoms with Crippen LogP contribution >= 0.6 is 0 Å². The zero-order valence-electron chi connectivity index (χ0n) is 10.9. The van der Waals surface area contributed by atoms with Crippen LogP contribution in [0.2, 0.25) is 0 Å². The van der Waals surface area contributed by atoms with E-state index in [9.17, 15) is 13.2 Å². The van der Waals surface area contributed by atoms with Crippen molar-refractivity contribution in [3.8, 4) is 0 Å². The third kappa shape index (κ3) is 5.27. The Kier molecular flexibility index (Phi) is 5.31. The molecule has 1 rings (SSSR count). The first-order chi connectivity index (χ1) is 8.81. The maximum Gasteiger partial charge on any atom is 0.404 e. The predicted octanol–water partition coefficient (Wildman–Crippen LogP) is 1.15. The highest BCUT2D eigenvalue weighted by Crippen LogP contribution is 2.11. The molecular formula is C12H18N2O4S. The second kappa shape index (κ2) is 6.53. The number of carbonyl (C=O) groups excluding carboxylic acids is 1. The van der Waals surface area contributed by atoms with E-state index in [2.05, 4.69) is 9.46 Å². The Hall–Kier alpha value is -1.60. The molecule has 1 aromatic rings. The molecule has 1 unspecified atom stereocenters. The monoisotopic (exact) mass is 286 g/mol. The summed E-state index contributed by atoms with van der Waals surface area (Å²) in [5.74, 6) is 0. The van der Waals surface area contributed by atoms with Gasteiger partial charge in [0.1, 0.15) is 0 Å². The molecule has 0 fully saturated rings. The number of rotatable bonds is 6. The van der Waals surface area contributed by atoms with Crippen molar-refractivity contribution < 1.29 is 17.9 Å². The third-order valence-electron chi connectivity index (χ3n) is 2.48. The van der Waals surface area contributed by atoms with Crippen molar-refractivity contribution in [2.24, 2.45) is 5.73 Å². The molecule has 0 aliphatic rings. The number of ether oxygens (including phenoxy) is 1. The third-order valence-corrected chi connectivity index (χ3v) is 4.09. The Labute approximate surface area is 113 Å². The second-order valence-electron chi connectivity index (χ2n) is 4.29. The molecule has 3 N–H and O–H groups in total. The average molecular weight is 286 g/mol. The van der Waals surface area contributed by atoms with Gasteiger partial charge in [0.2, 0.25) is 10.0 Å². The van der Waals surface area contributed by atoms with Crippen molar-refractivity contribution in [1.82, 2.24) is 4.72 Å². The normalized spacial score (nSPS) is 12.9. The fourth-order valence-electron chi connectivity index (χ4n) is 1.45. The van der Waals surface area contributed by atoms with Gasteiger partial charge in [-0.3, -0.25) is 0 Å². The van der Waals surface area contributed by atoms with Gasteiger partial charge in [-0.15, -0.1) is 0 Å². The smallest absolute Gasteiger partial charge is 0.404 e. The molecule has 19 heavy (non-hydrogen) atoms. The molecule has 0 aliphatic carbocycles. The molecule has 1 atom stereocenters. The zero-order valence-corrected chi connectivity index (χ0v) is 11.7. The van der Waals surface area contributed by atoms with Crippen molar-refractivity contribution in [3.63, 3.8) is 0 Å². The van der Waals surface area contributed by atoms with E-state index in [1.54, 1.807) is 31.2 Å². The molecule has 1 amide bonds. The Morgan fingerprint density at radius 3 is 2.47 bits per heavy atom. The number of carbonyl (C=O) groups is 1. The molecule has 0 bridgehead atoms. The lowest BCUT2D eigenvalue weighted by Gasteiger charge is -2.14. The van der Waals surface area contributed by atoms with Gasteiger partial charge in [-0.2, -0.15) is 0 Å². The molecule has 0 radical (unpaired) electrons. The molecule has 7 heteroatoms. The topological polar surface area (TPSA) is 98.5 Å². The van der Waals surface area contributed by atoms with Crippen LogP contribution in [-0.4, -0.2) is 27.2 Å². The van der Waals surface area contributed by atoms with Crippen LogP contribution in [0.15, 0.2) is 29.2 Å². The lowest BCUT2D eigenvalue weighted by Crippen LogP contribution is -2.33. The van der Waals surface area contributed by atoms with Crippen LogP contribution in [0.4, 0.5) is 4.79 Å². The lowest BCUT2D eigenvalue weighted by molar-refractivity contribution is 0.153. The van der Waals surface area contributed by atoms with Gasteiger partial charge in [0.25, 0.3) is 0 Å². The van der Waals surface area contributed by atoms with E-state index in [4.69, 9.17) is 5.73 Å². The summed E-state index contributed by atoms with van der Waals surface area (Å²) in [6.07, 6.45) is -0.512. The van der Waals surface area contributed by atoms with Crippen molar-refractivity contribution >= 4 is 16.1 Å². The molecular weight excluding hydrogens is 268 g/mol.